The second-order valence-corrected chi connectivity index (χ2v) is 7.05. The van der Waals surface area contributed by atoms with Crippen LogP contribution in [0.2, 0.25) is 0 Å². The fourth-order valence-corrected chi connectivity index (χ4v) is 3.62. The number of thiazole rings is 1. The standard InChI is InChI=1S/C18H16N2O3S2/c1-12-2-4-14(5-3-12)19-16(21)9-23-17(22)8-15-11-25-18(20-15)13-6-7-24-10-13/h2-7,10-11H,8-9H2,1H3,(H,19,21). The molecule has 5 nitrogen and oxygen atoms in total. The molecule has 0 aliphatic heterocycles. The van der Waals surface area contributed by atoms with E-state index in [1.165, 1.54) is 11.3 Å². The number of esters is 1. The summed E-state index contributed by atoms with van der Waals surface area (Å²) in [4.78, 5) is 28.1. The smallest absolute Gasteiger partial charge is 0.312 e. The number of thiophene rings is 1. The number of hydrogen-bond donors (Lipinski definition) is 1. The van der Waals surface area contributed by atoms with Crippen molar-refractivity contribution in [2.45, 2.75) is 13.3 Å². The lowest BCUT2D eigenvalue weighted by molar-refractivity contribution is -0.146. The molecule has 3 rings (SSSR count). The molecule has 1 amide bonds. The second kappa shape index (κ2) is 8.04. The van der Waals surface area contributed by atoms with E-state index in [1.807, 2.05) is 41.3 Å². The average Bonchev–Trinajstić information content (AvgIpc) is 3.26. The third kappa shape index (κ3) is 4.98. The Balaban J connectivity index is 1.46. The number of rotatable bonds is 6. The van der Waals surface area contributed by atoms with Crippen molar-refractivity contribution in [1.82, 2.24) is 4.98 Å². The number of aromatic nitrogens is 1. The first-order chi connectivity index (χ1) is 12.1. The maximum Gasteiger partial charge on any atom is 0.312 e. The number of ether oxygens (including phenoxy) is 1. The zero-order valence-electron chi connectivity index (χ0n) is 13.5. The van der Waals surface area contributed by atoms with Gasteiger partial charge in [-0.05, 0) is 30.5 Å². The fourth-order valence-electron chi connectivity index (χ4n) is 2.09. The van der Waals surface area contributed by atoms with Gasteiger partial charge in [0.2, 0.25) is 0 Å². The van der Waals surface area contributed by atoms with Gasteiger partial charge in [0.05, 0.1) is 12.1 Å². The molecule has 2 heterocycles. The highest BCUT2D eigenvalue weighted by atomic mass is 32.1. The largest absolute Gasteiger partial charge is 0.455 e. The van der Waals surface area contributed by atoms with E-state index in [-0.39, 0.29) is 18.9 Å². The van der Waals surface area contributed by atoms with Gasteiger partial charge in [-0.2, -0.15) is 11.3 Å². The van der Waals surface area contributed by atoms with E-state index >= 15 is 0 Å². The number of anilines is 1. The van der Waals surface area contributed by atoms with Crippen molar-refractivity contribution < 1.29 is 14.3 Å². The van der Waals surface area contributed by atoms with Crippen LogP contribution in [0.3, 0.4) is 0 Å². The van der Waals surface area contributed by atoms with E-state index in [0.717, 1.165) is 16.1 Å². The van der Waals surface area contributed by atoms with E-state index < -0.39 is 5.97 Å². The fraction of sp³-hybridized carbons (Fsp3) is 0.167. The molecule has 0 unspecified atom stereocenters. The number of benzene rings is 1. The molecule has 0 saturated heterocycles. The van der Waals surface area contributed by atoms with Gasteiger partial charge >= 0.3 is 5.97 Å². The van der Waals surface area contributed by atoms with Crippen LogP contribution in [0, 0.1) is 6.92 Å². The van der Waals surface area contributed by atoms with Gasteiger partial charge in [-0.25, -0.2) is 4.98 Å². The first kappa shape index (κ1) is 17.3. The van der Waals surface area contributed by atoms with Crippen molar-refractivity contribution >= 4 is 40.2 Å². The Hall–Kier alpha value is -2.51. The number of nitrogens with one attached hydrogen (secondary N) is 1. The lowest BCUT2D eigenvalue weighted by Crippen LogP contribution is -2.21. The van der Waals surface area contributed by atoms with Gasteiger partial charge in [-0.3, -0.25) is 9.59 Å². The van der Waals surface area contributed by atoms with E-state index in [4.69, 9.17) is 4.74 Å². The summed E-state index contributed by atoms with van der Waals surface area (Å²) in [6.07, 6.45) is 0.0540. The van der Waals surface area contributed by atoms with Gasteiger partial charge in [0.25, 0.3) is 5.91 Å². The molecular formula is C18H16N2O3S2. The Morgan fingerprint density at radius 3 is 2.68 bits per heavy atom. The van der Waals surface area contributed by atoms with E-state index in [1.54, 1.807) is 23.5 Å². The van der Waals surface area contributed by atoms with Crippen LogP contribution in [0.4, 0.5) is 5.69 Å². The van der Waals surface area contributed by atoms with Gasteiger partial charge in [0, 0.05) is 22.0 Å². The second-order valence-electron chi connectivity index (χ2n) is 5.41. The van der Waals surface area contributed by atoms with Crippen LogP contribution in [0.5, 0.6) is 0 Å². The maximum absolute atomic E-state index is 11.9. The third-order valence-electron chi connectivity index (χ3n) is 3.34. The molecule has 0 radical (unpaired) electrons. The third-order valence-corrected chi connectivity index (χ3v) is 4.97. The van der Waals surface area contributed by atoms with Crippen LogP contribution >= 0.6 is 22.7 Å². The number of carbonyl (C=O) groups is 2. The molecule has 0 bridgehead atoms. The zero-order valence-corrected chi connectivity index (χ0v) is 15.2. The summed E-state index contributed by atoms with van der Waals surface area (Å²) in [7, 11) is 0. The number of hydrogen-bond acceptors (Lipinski definition) is 6. The zero-order chi connectivity index (χ0) is 17.6. The minimum absolute atomic E-state index is 0.0540. The van der Waals surface area contributed by atoms with Crippen LogP contribution in [0.25, 0.3) is 10.6 Å². The highest BCUT2D eigenvalue weighted by molar-refractivity contribution is 7.14. The Kier molecular flexibility index (Phi) is 5.57. The summed E-state index contributed by atoms with van der Waals surface area (Å²) in [6.45, 7) is 1.66. The number of carbonyl (C=O) groups excluding carboxylic acids is 2. The minimum Gasteiger partial charge on any atom is -0.455 e. The van der Waals surface area contributed by atoms with Gasteiger partial charge in [0.15, 0.2) is 6.61 Å². The van der Waals surface area contributed by atoms with E-state index in [2.05, 4.69) is 10.3 Å². The number of amides is 1. The first-order valence-corrected chi connectivity index (χ1v) is 9.41. The molecule has 0 atom stereocenters. The number of aryl methyl sites for hydroxylation is 1. The summed E-state index contributed by atoms with van der Waals surface area (Å²) in [5.41, 5.74) is 3.48. The molecule has 0 aliphatic carbocycles. The Morgan fingerprint density at radius 2 is 1.96 bits per heavy atom. The SMILES string of the molecule is Cc1ccc(NC(=O)COC(=O)Cc2csc(-c3ccsc3)n2)cc1. The Morgan fingerprint density at radius 1 is 1.16 bits per heavy atom. The summed E-state index contributed by atoms with van der Waals surface area (Å²) in [5, 5.41) is 9.39. The molecule has 0 aliphatic rings. The highest BCUT2D eigenvalue weighted by Crippen LogP contribution is 2.25. The van der Waals surface area contributed by atoms with Crippen LogP contribution < -0.4 is 5.32 Å². The average molecular weight is 372 g/mol. The van der Waals surface area contributed by atoms with Crippen molar-refractivity contribution in [3.63, 3.8) is 0 Å². The Labute approximate surface area is 153 Å². The summed E-state index contributed by atoms with van der Waals surface area (Å²) in [5.74, 6) is -0.837. The molecule has 7 heteroatoms. The molecule has 128 valence electrons. The molecule has 0 spiro atoms. The first-order valence-electron chi connectivity index (χ1n) is 7.59. The highest BCUT2D eigenvalue weighted by Gasteiger charge is 2.12. The van der Waals surface area contributed by atoms with Crippen molar-refractivity contribution in [3.8, 4) is 10.6 Å². The van der Waals surface area contributed by atoms with Gasteiger partial charge < -0.3 is 10.1 Å². The lowest BCUT2D eigenvalue weighted by atomic mass is 10.2. The van der Waals surface area contributed by atoms with Crippen LogP contribution in [-0.4, -0.2) is 23.5 Å². The van der Waals surface area contributed by atoms with E-state index in [0.29, 0.717) is 11.4 Å². The van der Waals surface area contributed by atoms with Crippen LogP contribution in [-0.2, 0) is 20.7 Å². The van der Waals surface area contributed by atoms with Crippen LogP contribution in [0.1, 0.15) is 11.3 Å². The van der Waals surface area contributed by atoms with Gasteiger partial charge in [-0.1, -0.05) is 17.7 Å². The number of nitrogens with zero attached hydrogens (tertiary/aromatic N) is 1. The van der Waals surface area contributed by atoms with E-state index in [9.17, 15) is 9.59 Å². The summed E-state index contributed by atoms with van der Waals surface area (Å²) < 4.78 is 5.02. The topological polar surface area (TPSA) is 68.3 Å². The predicted octanol–water partition coefficient (Wildman–Crippen LogP) is 3.90. The van der Waals surface area contributed by atoms with Crippen molar-refractivity contribution in [2.75, 3.05) is 11.9 Å². The normalized spacial score (nSPS) is 10.4. The Bertz CT molecular complexity index is 855. The lowest BCUT2D eigenvalue weighted by Gasteiger charge is -2.06. The molecule has 25 heavy (non-hydrogen) atoms. The van der Waals surface area contributed by atoms with Gasteiger partial charge in [0.1, 0.15) is 5.01 Å². The molecule has 2 aromatic heterocycles. The summed E-state index contributed by atoms with van der Waals surface area (Å²) >= 11 is 3.09. The molecule has 1 N–H and O–H groups in total. The van der Waals surface area contributed by atoms with Crippen molar-refractivity contribution in [1.29, 1.82) is 0 Å². The monoisotopic (exact) mass is 372 g/mol. The quantitative estimate of drug-likeness (QED) is 0.666. The van der Waals surface area contributed by atoms with Crippen molar-refractivity contribution in [2.24, 2.45) is 0 Å². The molecular weight excluding hydrogens is 356 g/mol. The van der Waals surface area contributed by atoms with Gasteiger partial charge in [-0.15, -0.1) is 11.3 Å². The maximum atomic E-state index is 11.9. The molecule has 0 fully saturated rings. The molecule has 1 aromatic carbocycles. The molecule has 0 saturated carbocycles. The van der Waals surface area contributed by atoms with Crippen molar-refractivity contribution in [3.05, 3.63) is 57.7 Å². The van der Waals surface area contributed by atoms with Crippen LogP contribution in [0.15, 0.2) is 46.5 Å². The predicted molar refractivity (Wildman–Crippen MR) is 99.9 cm³/mol. The minimum atomic E-state index is -0.471. The molecule has 3 aromatic rings. The summed E-state index contributed by atoms with van der Waals surface area (Å²) in [6, 6.07) is 9.39.